The van der Waals surface area contributed by atoms with Crippen LogP contribution >= 0.6 is 0 Å². The van der Waals surface area contributed by atoms with Crippen LogP contribution in [0.15, 0.2) is 12.1 Å². The van der Waals surface area contributed by atoms with Gasteiger partial charge in [-0.2, -0.15) is 0 Å². The first-order valence-electron chi connectivity index (χ1n) is 8.06. The van der Waals surface area contributed by atoms with Crippen LogP contribution in [0, 0.1) is 6.92 Å². The van der Waals surface area contributed by atoms with Crippen molar-refractivity contribution in [2.75, 3.05) is 6.61 Å². The van der Waals surface area contributed by atoms with Gasteiger partial charge in [0.15, 0.2) is 0 Å². The van der Waals surface area contributed by atoms with E-state index in [-0.39, 0.29) is 10.8 Å². The maximum atomic E-state index is 12.3. The van der Waals surface area contributed by atoms with Crippen LogP contribution < -0.4 is 9.46 Å². The van der Waals surface area contributed by atoms with Gasteiger partial charge in [-0.1, -0.05) is 12.1 Å². The Bertz CT molecular complexity index is 571. The van der Waals surface area contributed by atoms with Gasteiger partial charge in [0, 0.05) is 11.6 Å². The molecule has 0 aliphatic carbocycles. The second-order valence-electron chi connectivity index (χ2n) is 7.37. The Morgan fingerprint density at radius 1 is 1.26 bits per heavy atom. The lowest BCUT2D eigenvalue weighted by molar-refractivity contribution is 0.0747. The lowest BCUT2D eigenvalue weighted by Gasteiger charge is -2.27. The molecule has 2 N–H and O–H groups in total. The molecule has 0 unspecified atom stereocenters. The molecule has 2 atom stereocenters. The molecule has 23 heavy (non-hydrogen) atoms. The van der Waals surface area contributed by atoms with E-state index in [1.54, 1.807) is 13.8 Å². The second-order valence-corrected chi connectivity index (χ2v) is 9.37. The summed E-state index contributed by atoms with van der Waals surface area (Å²) < 4.78 is 21.0. The first-order valence-corrected chi connectivity index (χ1v) is 9.21. The van der Waals surface area contributed by atoms with Crippen LogP contribution in [0.1, 0.15) is 71.2 Å². The Morgan fingerprint density at radius 2 is 1.83 bits per heavy atom. The van der Waals surface area contributed by atoms with Crippen molar-refractivity contribution in [2.24, 2.45) is 0 Å². The largest absolute Gasteiger partial charge is 0.493 e. The molecule has 0 bridgehead atoms. The van der Waals surface area contributed by atoms with E-state index in [9.17, 15) is 9.32 Å². The Labute approximate surface area is 143 Å². The molecule has 1 aromatic rings. The minimum Gasteiger partial charge on any atom is -0.493 e. The Balaban J connectivity index is 3.24. The molecule has 0 radical (unpaired) electrons. The molecule has 0 aromatic heterocycles. The lowest BCUT2D eigenvalue weighted by atomic mass is 9.91. The fraction of sp³-hybridized carbons (Fsp3) is 0.667. The molecule has 132 valence electrons. The van der Waals surface area contributed by atoms with E-state index in [1.165, 1.54) is 0 Å². The highest BCUT2D eigenvalue weighted by molar-refractivity contribution is 7.84. The van der Waals surface area contributed by atoms with Crippen LogP contribution in [-0.4, -0.2) is 20.7 Å². The van der Waals surface area contributed by atoms with E-state index < -0.39 is 16.6 Å². The number of nitrogens with one attached hydrogen (secondary N) is 1. The topological polar surface area (TPSA) is 58.6 Å². The molecule has 1 rings (SSSR count). The quantitative estimate of drug-likeness (QED) is 0.829. The fourth-order valence-corrected chi connectivity index (χ4v) is 3.19. The van der Waals surface area contributed by atoms with E-state index in [0.717, 1.165) is 16.7 Å². The van der Waals surface area contributed by atoms with E-state index in [2.05, 4.69) is 4.72 Å². The van der Waals surface area contributed by atoms with Gasteiger partial charge >= 0.3 is 0 Å². The van der Waals surface area contributed by atoms with E-state index >= 15 is 0 Å². The molecular weight excluding hydrogens is 310 g/mol. The van der Waals surface area contributed by atoms with Crippen LogP contribution in [0.3, 0.4) is 0 Å². The standard InChI is InChI=1S/C18H31NO3S/c1-9-22-16-12(2)14(10-11-15(16)18(7,8)20)13(3)19-23(21)17(4,5)6/h10-11,13,19-20H,9H2,1-8H3/t13-,23+/m1/s1. The van der Waals surface area contributed by atoms with Crippen molar-refractivity contribution in [3.63, 3.8) is 0 Å². The van der Waals surface area contributed by atoms with Gasteiger partial charge in [0.2, 0.25) is 0 Å². The highest BCUT2D eigenvalue weighted by atomic mass is 32.2. The summed E-state index contributed by atoms with van der Waals surface area (Å²) in [6.45, 7) is 15.8. The van der Waals surface area contributed by atoms with Crippen molar-refractivity contribution >= 4 is 11.0 Å². The molecule has 0 heterocycles. The average molecular weight is 342 g/mol. The SMILES string of the molecule is CCOc1c(C(C)(C)O)ccc([C@@H](C)N[S@@](=O)C(C)(C)C)c1C. The third kappa shape index (κ3) is 5.03. The number of aliphatic hydroxyl groups is 1. The number of hydrogen-bond acceptors (Lipinski definition) is 3. The lowest BCUT2D eigenvalue weighted by Crippen LogP contribution is -2.35. The third-order valence-corrected chi connectivity index (χ3v) is 5.38. The van der Waals surface area contributed by atoms with E-state index in [4.69, 9.17) is 4.74 Å². The van der Waals surface area contributed by atoms with Gasteiger partial charge < -0.3 is 9.84 Å². The molecule has 0 amide bonds. The Hall–Kier alpha value is -0.910. The van der Waals surface area contributed by atoms with Crippen molar-refractivity contribution in [1.82, 2.24) is 4.72 Å². The van der Waals surface area contributed by atoms with Gasteiger partial charge in [-0.3, -0.25) is 0 Å². The molecule has 1 aromatic carbocycles. The van der Waals surface area contributed by atoms with Crippen LogP contribution in [0.2, 0.25) is 0 Å². The van der Waals surface area contributed by atoms with Crippen molar-refractivity contribution < 1.29 is 14.1 Å². The summed E-state index contributed by atoms with van der Waals surface area (Å²) in [6.07, 6.45) is 0. The van der Waals surface area contributed by atoms with Crippen LogP contribution in [0.5, 0.6) is 5.75 Å². The first kappa shape index (κ1) is 20.1. The summed E-state index contributed by atoms with van der Waals surface area (Å²) in [5.74, 6) is 0.715. The highest BCUT2D eigenvalue weighted by Gasteiger charge is 2.26. The van der Waals surface area contributed by atoms with Gasteiger partial charge in [-0.05, 0) is 66.5 Å². The summed E-state index contributed by atoms with van der Waals surface area (Å²) in [6, 6.07) is 3.79. The summed E-state index contributed by atoms with van der Waals surface area (Å²) >= 11 is 0. The summed E-state index contributed by atoms with van der Waals surface area (Å²) in [5.41, 5.74) is 1.79. The Kier molecular flexibility index (Phi) is 6.41. The fourth-order valence-electron chi connectivity index (χ4n) is 2.39. The number of ether oxygens (including phenoxy) is 1. The molecule has 0 saturated carbocycles. The monoisotopic (exact) mass is 341 g/mol. The molecule has 0 aliphatic rings. The van der Waals surface area contributed by atoms with Crippen LogP contribution in [0.25, 0.3) is 0 Å². The van der Waals surface area contributed by atoms with Crippen molar-refractivity contribution in [3.05, 3.63) is 28.8 Å². The predicted octanol–water partition coefficient (Wildman–Crippen LogP) is 3.73. The molecular formula is C18H31NO3S. The minimum atomic E-state index is -1.15. The van der Waals surface area contributed by atoms with Crippen molar-refractivity contribution in [1.29, 1.82) is 0 Å². The highest BCUT2D eigenvalue weighted by Crippen LogP contribution is 2.36. The van der Waals surface area contributed by atoms with Crippen LogP contribution in [0.4, 0.5) is 0 Å². The summed E-state index contributed by atoms with van der Waals surface area (Å²) in [7, 11) is -1.15. The number of benzene rings is 1. The zero-order valence-electron chi connectivity index (χ0n) is 15.6. The third-order valence-electron chi connectivity index (χ3n) is 3.70. The number of hydrogen-bond donors (Lipinski definition) is 2. The van der Waals surface area contributed by atoms with Crippen molar-refractivity contribution in [3.8, 4) is 5.75 Å². The van der Waals surface area contributed by atoms with Gasteiger partial charge in [-0.25, -0.2) is 8.93 Å². The number of rotatable bonds is 6. The smallest absolute Gasteiger partial charge is 0.128 e. The normalized spacial score (nSPS) is 15.3. The maximum Gasteiger partial charge on any atom is 0.128 e. The molecule has 5 heteroatoms. The Morgan fingerprint density at radius 3 is 2.26 bits per heavy atom. The van der Waals surface area contributed by atoms with Gasteiger partial charge in [0.05, 0.1) is 27.9 Å². The van der Waals surface area contributed by atoms with E-state index in [0.29, 0.717) is 12.4 Å². The van der Waals surface area contributed by atoms with Crippen molar-refractivity contribution in [2.45, 2.75) is 71.8 Å². The minimum absolute atomic E-state index is 0.0786. The maximum absolute atomic E-state index is 12.3. The van der Waals surface area contributed by atoms with Gasteiger partial charge in [-0.15, -0.1) is 0 Å². The zero-order chi connectivity index (χ0) is 18.0. The molecule has 4 nitrogen and oxygen atoms in total. The molecule has 0 spiro atoms. The second kappa shape index (κ2) is 7.32. The average Bonchev–Trinajstić information content (AvgIpc) is 2.38. The van der Waals surface area contributed by atoms with E-state index in [1.807, 2.05) is 53.7 Å². The molecule has 0 fully saturated rings. The van der Waals surface area contributed by atoms with Gasteiger partial charge in [0.1, 0.15) is 5.75 Å². The summed E-state index contributed by atoms with van der Waals surface area (Å²) in [4.78, 5) is 0. The zero-order valence-corrected chi connectivity index (χ0v) is 16.4. The predicted molar refractivity (Wildman–Crippen MR) is 97.0 cm³/mol. The molecule has 0 saturated heterocycles. The summed E-state index contributed by atoms with van der Waals surface area (Å²) in [5, 5.41) is 10.4. The molecule has 0 aliphatic heterocycles. The van der Waals surface area contributed by atoms with Gasteiger partial charge in [0.25, 0.3) is 0 Å². The first-order chi connectivity index (χ1) is 10.4. The van der Waals surface area contributed by atoms with Crippen LogP contribution in [-0.2, 0) is 16.6 Å².